The van der Waals surface area contributed by atoms with Crippen molar-refractivity contribution in [3.05, 3.63) is 0 Å². The second kappa shape index (κ2) is 13.6. The van der Waals surface area contributed by atoms with Crippen LogP contribution in [0.4, 0.5) is 0 Å². The molecular formula is C21H54O9PSi5-. The minimum atomic E-state index is -4.06. The van der Waals surface area contributed by atoms with Crippen molar-refractivity contribution < 1.29 is 41.0 Å². The van der Waals surface area contributed by atoms with Crippen LogP contribution >= 0.6 is 7.82 Å². The van der Waals surface area contributed by atoms with Crippen LogP contribution in [-0.2, 0) is 31.0 Å². The van der Waals surface area contributed by atoms with E-state index in [1.165, 1.54) is 0 Å². The molecule has 1 heterocycles. The molecule has 0 saturated carbocycles. The molecule has 0 spiro atoms. The van der Waals surface area contributed by atoms with E-state index in [1.54, 1.807) is 0 Å². The Morgan fingerprint density at radius 3 is 1.42 bits per heavy atom. The predicted octanol–water partition coefficient (Wildman–Crippen LogP) is 5.54. The van der Waals surface area contributed by atoms with Gasteiger partial charge >= 0.3 is 0 Å². The molecule has 1 aliphatic rings. The Balaban J connectivity index is 0.000000802. The van der Waals surface area contributed by atoms with E-state index in [0.717, 1.165) is 0 Å². The average molecular weight is 622 g/mol. The van der Waals surface area contributed by atoms with Gasteiger partial charge in [0.15, 0.2) is 47.9 Å². The Bertz CT molecular complexity index is 689. The molecule has 15 heteroatoms. The zero-order chi connectivity index (χ0) is 29.0. The van der Waals surface area contributed by atoms with Crippen molar-refractivity contribution in [1.29, 1.82) is 0 Å². The molecule has 0 radical (unpaired) electrons. The first-order valence-electron chi connectivity index (χ1n) is 12.6. The summed E-state index contributed by atoms with van der Waals surface area (Å²) in [5, 5.41) is 9.81. The fourth-order valence-electron chi connectivity index (χ4n) is 3.33. The highest BCUT2D eigenvalue weighted by molar-refractivity contribution is 7.49. The third-order valence-electron chi connectivity index (χ3n) is 3.92. The number of aliphatic hydroxyl groups excluding tert-OH is 1. The van der Waals surface area contributed by atoms with E-state index < -0.39 is 55.5 Å². The Labute approximate surface area is 225 Å². The van der Waals surface area contributed by atoms with Gasteiger partial charge in [-0.2, -0.15) is 0 Å². The molecule has 36 heavy (non-hydrogen) atoms. The molecule has 1 fully saturated rings. The topological polar surface area (TPSA) is 116 Å². The third kappa shape index (κ3) is 19.1. The van der Waals surface area contributed by atoms with Crippen LogP contribution < -0.4 is 4.89 Å². The Kier molecular flexibility index (Phi) is 13.9. The van der Waals surface area contributed by atoms with Gasteiger partial charge in [-0.05, 0) is 98.2 Å². The first-order chi connectivity index (χ1) is 15.6. The molecule has 1 aliphatic heterocycles. The van der Waals surface area contributed by atoms with Crippen molar-refractivity contribution >= 4 is 49.4 Å². The van der Waals surface area contributed by atoms with Crippen molar-refractivity contribution in [3.8, 4) is 0 Å². The minimum Gasteiger partial charge on any atom is -0.757 e. The van der Waals surface area contributed by atoms with Gasteiger partial charge in [0.1, 0.15) is 6.10 Å². The van der Waals surface area contributed by atoms with Crippen molar-refractivity contribution in [2.75, 3.05) is 6.61 Å². The molecule has 1 unspecified atom stereocenters. The first kappa shape index (κ1) is 37.0. The van der Waals surface area contributed by atoms with E-state index in [9.17, 15) is 14.6 Å². The average Bonchev–Trinajstić information content (AvgIpc) is 2.48. The van der Waals surface area contributed by atoms with Crippen LogP contribution in [0.2, 0.25) is 98.2 Å². The van der Waals surface area contributed by atoms with Crippen LogP contribution in [0.15, 0.2) is 0 Å². The fourth-order valence-corrected chi connectivity index (χ4v) is 12.4. The van der Waals surface area contributed by atoms with Gasteiger partial charge in [0.25, 0.3) is 0 Å². The molecule has 0 aromatic rings. The van der Waals surface area contributed by atoms with Gasteiger partial charge in [0.2, 0.25) is 7.82 Å². The maximum Gasteiger partial charge on any atom is 0.248 e. The summed E-state index contributed by atoms with van der Waals surface area (Å²) in [7, 11) is -13.4. The van der Waals surface area contributed by atoms with Crippen molar-refractivity contribution in [2.24, 2.45) is 0 Å². The van der Waals surface area contributed by atoms with E-state index in [-0.39, 0.29) is 25.1 Å². The summed E-state index contributed by atoms with van der Waals surface area (Å²) in [5.74, 6) is 0. The molecule has 218 valence electrons. The Hall–Kier alpha value is 0.994. The summed E-state index contributed by atoms with van der Waals surface area (Å²) in [4.78, 5) is 11.3. The summed E-state index contributed by atoms with van der Waals surface area (Å²) in [5.41, 5.74) is 0. The maximum atomic E-state index is 11.3. The van der Waals surface area contributed by atoms with E-state index in [1.807, 2.05) is 39.3 Å². The van der Waals surface area contributed by atoms with E-state index in [2.05, 4.69) is 58.9 Å². The summed E-state index contributed by atoms with van der Waals surface area (Å²) in [6.45, 7) is 30.2. The second-order valence-electron chi connectivity index (χ2n) is 14.1. The first-order valence-corrected chi connectivity index (χ1v) is 31.1. The quantitative estimate of drug-likeness (QED) is 0.234. The highest BCUT2D eigenvalue weighted by Crippen LogP contribution is 2.44. The number of phosphoric acid groups is 1. The number of hydrogen-bond donors (Lipinski definition) is 1. The van der Waals surface area contributed by atoms with Crippen molar-refractivity contribution in [3.63, 3.8) is 0 Å². The molecule has 0 aromatic carbocycles. The Morgan fingerprint density at radius 1 is 0.722 bits per heavy atom. The van der Waals surface area contributed by atoms with Gasteiger partial charge < -0.3 is 36.4 Å². The monoisotopic (exact) mass is 621 g/mol. The maximum absolute atomic E-state index is 11.3. The summed E-state index contributed by atoms with van der Waals surface area (Å²) < 4.78 is 46.1. The lowest BCUT2D eigenvalue weighted by Gasteiger charge is -2.46. The lowest BCUT2D eigenvalue weighted by molar-refractivity contribution is -0.225. The summed E-state index contributed by atoms with van der Waals surface area (Å²) >= 11 is 0. The lowest BCUT2D eigenvalue weighted by Crippen LogP contribution is -2.58. The normalized spacial score (nSPS) is 24.8. The van der Waals surface area contributed by atoms with E-state index in [0.29, 0.717) is 6.42 Å². The zero-order valence-electron chi connectivity index (χ0n) is 25.4. The minimum absolute atomic E-state index is 0.0771. The molecule has 9 nitrogen and oxygen atoms in total. The highest BCUT2D eigenvalue weighted by atomic mass is 31.2. The molecular weight excluding hydrogens is 568 g/mol. The SMILES string of the molecule is C[Si](C)(C)OC1C[C@@H](O[Si](C)(C)C)[C@H](O[Si](C)(C)C)[C@@H](CO)O1.C[Si](C)(C)OP(=O)([O-])O[Si](C)(C)C. The number of rotatable bonds is 11. The van der Waals surface area contributed by atoms with Crippen LogP contribution in [0.1, 0.15) is 6.42 Å². The van der Waals surface area contributed by atoms with Crippen LogP contribution in [-0.4, -0.2) is 77.9 Å². The van der Waals surface area contributed by atoms with Crippen LogP contribution in [0.5, 0.6) is 0 Å². The smallest absolute Gasteiger partial charge is 0.248 e. The van der Waals surface area contributed by atoms with Gasteiger partial charge in [-0.15, -0.1) is 0 Å². The molecule has 1 rings (SSSR count). The summed E-state index contributed by atoms with van der Waals surface area (Å²) in [6, 6.07) is 0. The largest absolute Gasteiger partial charge is 0.757 e. The number of aliphatic hydroxyl groups is 1. The molecule has 0 amide bonds. The Morgan fingerprint density at radius 2 is 1.11 bits per heavy atom. The number of ether oxygens (including phenoxy) is 1. The highest BCUT2D eigenvalue weighted by Gasteiger charge is 2.44. The summed E-state index contributed by atoms with van der Waals surface area (Å²) in [6.07, 6.45) is -0.347. The standard InChI is InChI=1S/C15H36O5Si3.C6H19O4PSi2/c1-21(2,3)18-12-10-14(19-22(4,5)6)17-13(11-16)15(12)20-23(7,8)9;1-12(2,3)9-11(7,8)10-13(4,5)6/h12-16H,10-11H2,1-9H3;1-6H3,(H,7,8)/p-1/t12-,13-,14?,15+;/m1./s1. The van der Waals surface area contributed by atoms with Crippen molar-refractivity contribution in [2.45, 2.75) is 129 Å². The molecule has 1 saturated heterocycles. The molecule has 0 aromatic heterocycles. The molecule has 0 aliphatic carbocycles. The van der Waals surface area contributed by atoms with Gasteiger partial charge in [-0.1, -0.05) is 0 Å². The van der Waals surface area contributed by atoms with Gasteiger partial charge in [-0.25, -0.2) is 0 Å². The molecule has 4 atom stereocenters. The van der Waals surface area contributed by atoms with Gasteiger partial charge in [0, 0.05) is 6.42 Å². The van der Waals surface area contributed by atoms with Crippen LogP contribution in [0.25, 0.3) is 0 Å². The van der Waals surface area contributed by atoms with Crippen LogP contribution in [0.3, 0.4) is 0 Å². The van der Waals surface area contributed by atoms with Gasteiger partial charge in [-0.3, -0.25) is 4.57 Å². The van der Waals surface area contributed by atoms with Crippen LogP contribution in [0, 0.1) is 0 Å². The second-order valence-corrected chi connectivity index (χ2v) is 38.3. The van der Waals surface area contributed by atoms with E-state index >= 15 is 0 Å². The van der Waals surface area contributed by atoms with E-state index in [4.69, 9.17) is 26.4 Å². The zero-order valence-corrected chi connectivity index (χ0v) is 31.3. The fraction of sp³-hybridized carbons (Fsp3) is 1.00. The lowest BCUT2D eigenvalue weighted by atomic mass is 10.0. The van der Waals surface area contributed by atoms with Crippen molar-refractivity contribution in [1.82, 2.24) is 0 Å². The predicted molar refractivity (Wildman–Crippen MR) is 158 cm³/mol. The third-order valence-corrected chi connectivity index (χ3v) is 13.0. The number of hydrogen-bond acceptors (Lipinski definition) is 9. The molecule has 1 N–H and O–H groups in total. The molecule has 0 bridgehead atoms. The van der Waals surface area contributed by atoms with Gasteiger partial charge in [0.05, 0.1) is 18.8 Å².